The van der Waals surface area contributed by atoms with Crippen molar-refractivity contribution in [3.05, 3.63) is 0 Å². The van der Waals surface area contributed by atoms with Gasteiger partial charge in [0.05, 0.1) is 0 Å². The van der Waals surface area contributed by atoms with Crippen molar-refractivity contribution in [3.8, 4) is 0 Å². The monoisotopic (exact) mass is 227 g/mol. The molecule has 1 aliphatic rings. The second kappa shape index (κ2) is 6.21. The third kappa shape index (κ3) is 3.46. The summed E-state index contributed by atoms with van der Waals surface area (Å²) in [4.78, 5) is 14.1. The van der Waals surface area contributed by atoms with E-state index in [4.69, 9.17) is 0 Å². The van der Waals surface area contributed by atoms with Crippen molar-refractivity contribution in [2.75, 3.05) is 26.7 Å². The SMILES string of the molecule is CNC(=O)C1CNCCN1C(C)CC(C)C. The summed E-state index contributed by atoms with van der Waals surface area (Å²) < 4.78 is 0. The van der Waals surface area contributed by atoms with E-state index in [-0.39, 0.29) is 11.9 Å². The highest BCUT2D eigenvalue weighted by atomic mass is 16.2. The Labute approximate surface area is 98.8 Å². The summed E-state index contributed by atoms with van der Waals surface area (Å²) in [6, 6.07) is 0.469. The van der Waals surface area contributed by atoms with Gasteiger partial charge in [-0.3, -0.25) is 9.69 Å². The first-order valence-electron chi connectivity index (χ1n) is 6.24. The van der Waals surface area contributed by atoms with Crippen LogP contribution in [0.2, 0.25) is 0 Å². The quantitative estimate of drug-likeness (QED) is 0.732. The lowest BCUT2D eigenvalue weighted by Crippen LogP contribution is -2.60. The molecule has 1 aliphatic heterocycles. The number of nitrogens with zero attached hydrogens (tertiary/aromatic N) is 1. The van der Waals surface area contributed by atoms with Crippen molar-refractivity contribution in [1.82, 2.24) is 15.5 Å². The van der Waals surface area contributed by atoms with E-state index in [2.05, 4.69) is 36.3 Å². The first-order valence-corrected chi connectivity index (χ1v) is 6.24. The highest BCUT2D eigenvalue weighted by molar-refractivity contribution is 5.81. The number of piperazine rings is 1. The van der Waals surface area contributed by atoms with E-state index >= 15 is 0 Å². The van der Waals surface area contributed by atoms with Gasteiger partial charge in [0.2, 0.25) is 5.91 Å². The van der Waals surface area contributed by atoms with Gasteiger partial charge in [0.15, 0.2) is 0 Å². The number of carbonyl (C=O) groups is 1. The molecule has 1 fully saturated rings. The maximum Gasteiger partial charge on any atom is 0.238 e. The Balaban J connectivity index is 2.62. The maximum atomic E-state index is 11.8. The molecular formula is C12H25N3O. The molecule has 0 radical (unpaired) electrons. The second-order valence-electron chi connectivity index (χ2n) is 5.05. The van der Waals surface area contributed by atoms with E-state index in [0.717, 1.165) is 26.1 Å². The van der Waals surface area contributed by atoms with Crippen LogP contribution in [-0.4, -0.2) is 49.6 Å². The summed E-state index contributed by atoms with van der Waals surface area (Å²) in [5.74, 6) is 0.804. The van der Waals surface area contributed by atoms with Gasteiger partial charge in [-0.05, 0) is 19.3 Å². The van der Waals surface area contributed by atoms with Crippen LogP contribution in [0.1, 0.15) is 27.2 Å². The molecule has 0 saturated carbocycles. The fraction of sp³-hybridized carbons (Fsp3) is 0.917. The van der Waals surface area contributed by atoms with E-state index in [9.17, 15) is 4.79 Å². The summed E-state index contributed by atoms with van der Waals surface area (Å²) in [5.41, 5.74) is 0. The lowest BCUT2D eigenvalue weighted by molar-refractivity contribution is -0.127. The Morgan fingerprint density at radius 3 is 2.75 bits per heavy atom. The molecule has 0 aromatic heterocycles. The van der Waals surface area contributed by atoms with Crippen molar-refractivity contribution >= 4 is 5.91 Å². The van der Waals surface area contributed by atoms with E-state index in [1.807, 2.05) is 0 Å². The van der Waals surface area contributed by atoms with Gasteiger partial charge in [0.25, 0.3) is 0 Å². The molecule has 2 N–H and O–H groups in total. The molecule has 2 unspecified atom stereocenters. The minimum atomic E-state index is -0.00694. The summed E-state index contributed by atoms with van der Waals surface area (Å²) in [5, 5.41) is 6.04. The molecule has 94 valence electrons. The number of amides is 1. The summed E-state index contributed by atoms with van der Waals surface area (Å²) in [6.07, 6.45) is 1.15. The van der Waals surface area contributed by atoms with Crippen LogP contribution in [0.25, 0.3) is 0 Å². The standard InChI is InChI=1S/C12H25N3O/c1-9(2)7-10(3)15-6-5-14-8-11(15)12(16)13-4/h9-11,14H,5-8H2,1-4H3,(H,13,16). The Hall–Kier alpha value is -0.610. The molecule has 0 aromatic rings. The molecule has 4 heteroatoms. The molecule has 1 rings (SSSR count). The van der Waals surface area contributed by atoms with Crippen LogP contribution in [0.4, 0.5) is 0 Å². The molecule has 0 spiro atoms. The Bertz CT molecular complexity index is 230. The van der Waals surface area contributed by atoms with Crippen LogP contribution in [0.5, 0.6) is 0 Å². The number of nitrogens with one attached hydrogen (secondary N) is 2. The van der Waals surface area contributed by atoms with Gasteiger partial charge < -0.3 is 10.6 Å². The van der Waals surface area contributed by atoms with Crippen molar-refractivity contribution in [1.29, 1.82) is 0 Å². The zero-order valence-corrected chi connectivity index (χ0v) is 10.9. The van der Waals surface area contributed by atoms with Crippen LogP contribution in [0, 0.1) is 5.92 Å². The molecule has 0 aromatic carbocycles. The summed E-state index contributed by atoms with van der Waals surface area (Å²) >= 11 is 0. The fourth-order valence-electron chi connectivity index (χ4n) is 2.48. The predicted octanol–water partition coefficient (Wildman–Crippen LogP) is 0.441. The average Bonchev–Trinajstić information content (AvgIpc) is 2.27. The number of carbonyl (C=O) groups excluding carboxylic acids is 1. The highest BCUT2D eigenvalue weighted by Crippen LogP contribution is 2.15. The lowest BCUT2D eigenvalue weighted by atomic mass is 10.0. The van der Waals surface area contributed by atoms with Crippen LogP contribution in [0.3, 0.4) is 0 Å². The number of likely N-dealkylation sites (N-methyl/N-ethyl adjacent to an activating group) is 1. The van der Waals surface area contributed by atoms with Gasteiger partial charge in [-0.15, -0.1) is 0 Å². The van der Waals surface area contributed by atoms with Gasteiger partial charge in [-0.1, -0.05) is 13.8 Å². The minimum Gasteiger partial charge on any atom is -0.358 e. The largest absolute Gasteiger partial charge is 0.358 e. The van der Waals surface area contributed by atoms with E-state index in [0.29, 0.717) is 12.0 Å². The fourth-order valence-corrected chi connectivity index (χ4v) is 2.48. The van der Waals surface area contributed by atoms with Crippen molar-refractivity contribution in [2.45, 2.75) is 39.3 Å². The third-order valence-electron chi connectivity index (χ3n) is 3.21. The highest BCUT2D eigenvalue weighted by Gasteiger charge is 2.31. The second-order valence-corrected chi connectivity index (χ2v) is 5.05. The summed E-state index contributed by atoms with van der Waals surface area (Å²) in [6.45, 7) is 9.40. The Morgan fingerprint density at radius 1 is 1.50 bits per heavy atom. The maximum absolute atomic E-state index is 11.8. The molecule has 0 aliphatic carbocycles. The molecule has 1 saturated heterocycles. The van der Waals surface area contributed by atoms with Gasteiger partial charge >= 0.3 is 0 Å². The van der Waals surface area contributed by atoms with E-state index < -0.39 is 0 Å². The summed E-state index contributed by atoms with van der Waals surface area (Å²) in [7, 11) is 1.71. The van der Waals surface area contributed by atoms with Crippen molar-refractivity contribution < 1.29 is 4.79 Å². The van der Waals surface area contributed by atoms with Gasteiger partial charge in [-0.2, -0.15) is 0 Å². The van der Waals surface area contributed by atoms with Gasteiger partial charge in [-0.25, -0.2) is 0 Å². The van der Waals surface area contributed by atoms with Gasteiger partial charge in [0, 0.05) is 32.7 Å². The third-order valence-corrected chi connectivity index (χ3v) is 3.21. The molecule has 2 atom stereocenters. The molecule has 16 heavy (non-hydrogen) atoms. The first kappa shape index (κ1) is 13.5. The zero-order valence-electron chi connectivity index (χ0n) is 10.9. The normalized spacial score (nSPS) is 24.4. The molecule has 1 heterocycles. The topological polar surface area (TPSA) is 44.4 Å². The number of hydrogen-bond donors (Lipinski definition) is 2. The number of hydrogen-bond acceptors (Lipinski definition) is 3. The lowest BCUT2D eigenvalue weighted by Gasteiger charge is -2.39. The first-order chi connectivity index (χ1) is 7.56. The van der Waals surface area contributed by atoms with Crippen molar-refractivity contribution in [3.63, 3.8) is 0 Å². The smallest absolute Gasteiger partial charge is 0.238 e. The molecule has 4 nitrogen and oxygen atoms in total. The Morgan fingerprint density at radius 2 is 2.19 bits per heavy atom. The van der Waals surface area contributed by atoms with Crippen LogP contribution >= 0.6 is 0 Å². The molecular weight excluding hydrogens is 202 g/mol. The number of rotatable bonds is 4. The van der Waals surface area contributed by atoms with E-state index in [1.54, 1.807) is 7.05 Å². The van der Waals surface area contributed by atoms with E-state index in [1.165, 1.54) is 0 Å². The van der Waals surface area contributed by atoms with Crippen molar-refractivity contribution in [2.24, 2.45) is 5.92 Å². The average molecular weight is 227 g/mol. The molecule has 0 bridgehead atoms. The predicted molar refractivity (Wildman–Crippen MR) is 66.3 cm³/mol. The van der Waals surface area contributed by atoms with Crippen LogP contribution in [-0.2, 0) is 4.79 Å². The Kier molecular flexibility index (Phi) is 5.22. The zero-order chi connectivity index (χ0) is 12.1. The molecule has 1 amide bonds. The minimum absolute atomic E-state index is 0.00694. The van der Waals surface area contributed by atoms with Crippen LogP contribution in [0.15, 0.2) is 0 Å². The van der Waals surface area contributed by atoms with Gasteiger partial charge in [0.1, 0.15) is 6.04 Å². The van der Waals surface area contributed by atoms with Crippen LogP contribution < -0.4 is 10.6 Å².